The Labute approximate surface area is 115 Å². The molecule has 3 nitrogen and oxygen atoms in total. The lowest BCUT2D eigenvalue weighted by Gasteiger charge is -2.54. The van der Waals surface area contributed by atoms with Gasteiger partial charge in [-0.05, 0) is 69.2 Å². The summed E-state index contributed by atoms with van der Waals surface area (Å²) in [5.41, 5.74) is 6.92. The summed E-state index contributed by atoms with van der Waals surface area (Å²) in [6, 6.07) is 0.732. The van der Waals surface area contributed by atoms with Crippen LogP contribution < -0.4 is 5.73 Å². The quantitative estimate of drug-likeness (QED) is 0.907. The number of imidazole rings is 1. The first-order valence-electron chi connectivity index (χ1n) is 7.99. The molecule has 104 valence electrons. The van der Waals surface area contributed by atoms with E-state index in [9.17, 15) is 0 Å². The fraction of sp³-hybridized carbons (Fsp3) is 0.812. The van der Waals surface area contributed by atoms with Gasteiger partial charge in [-0.25, -0.2) is 4.98 Å². The van der Waals surface area contributed by atoms with Gasteiger partial charge in [0.25, 0.3) is 0 Å². The molecule has 4 bridgehead atoms. The average molecular weight is 259 g/mol. The van der Waals surface area contributed by atoms with Gasteiger partial charge in [0.05, 0.1) is 5.69 Å². The third kappa shape index (κ3) is 1.85. The van der Waals surface area contributed by atoms with Crippen molar-refractivity contribution in [2.45, 2.75) is 51.5 Å². The summed E-state index contributed by atoms with van der Waals surface area (Å²) in [5, 5.41) is 0. The average Bonchev–Trinajstić information content (AvgIpc) is 2.69. The lowest BCUT2D eigenvalue weighted by atomic mass is 9.54. The van der Waals surface area contributed by atoms with E-state index >= 15 is 0 Å². The fourth-order valence-corrected chi connectivity index (χ4v) is 5.49. The van der Waals surface area contributed by atoms with Gasteiger partial charge in [0.2, 0.25) is 0 Å². The molecule has 19 heavy (non-hydrogen) atoms. The number of nitrogens with two attached hydrogens (primary N) is 1. The molecule has 0 radical (unpaired) electrons. The Kier molecular flexibility index (Phi) is 2.73. The van der Waals surface area contributed by atoms with Gasteiger partial charge in [-0.2, -0.15) is 0 Å². The van der Waals surface area contributed by atoms with Crippen molar-refractivity contribution < 1.29 is 0 Å². The van der Waals surface area contributed by atoms with Gasteiger partial charge in [-0.15, -0.1) is 0 Å². The largest absolute Gasteiger partial charge is 0.331 e. The van der Waals surface area contributed by atoms with Gasteiger partial charge in [-0.1, -0.05) is 0 Å². The summed E-state index contributed by atoms with van der Waals surface area (Å²) < 4.78 is 2.52. The smallest absolute Gasteiger partial charge is 0.110 e. The van der Waals surface area contributed by atoms with Crippen LogP contribution in [0.1, 0.15) is 49.7 Å². The van der Waals surface area contributed by atoms with Crippen molar-refractivity contribution in [2.24, 2.45) is 29.4 Å². The van der Waals surface area contributed by atoms with Crippen molar-refractivity contribution in [3.63, 3.8) is 0 Å². The maximum Gasteiger partial charge on any atom is 0.110 e. The monoisotopic (exact) mass is 259 g/mol. The van der Waals surface area contributed by atoms with Gasteiger partial charge in [0, 0.05) is 18.7 Å². The molecule has 4 fully saturated rings. The SMILES string of the molecule is Cc1cn(C2C3CC4CC(C3)CC2C4)c(CCN)n1. The number of rotatable bonds is 3. The highest BCUT2D eigenvalue weighted by atomic mass is 15.1. The lowest BCUT2D eigenvalue weighted by Crippen LogP contribution is -2.46. The number of hydrogen-bond acceptors (Lipinski definition) is 2. The molecule has 0 spiro atoms. The Hall–Kier alpha value is -0.830. The molecular weight excluding hydrogens is 234 g/mol. The van der Waals surface area contributed by atoms with Crippen LogP contribution in [0.5, 0.6) is 0 Å². The van der Waals surface area contributed by atoms with Crippen molar-refractivity contribution in [3.05, 3.63) is 17.7 Å². The maximum absolute atomic E-state index is 5.76. The minimum absolute atomic E-state index is 0.712. The Bertz CT molecular complexity index is 448. The van der Waals surface area contributed by atoms with Crippen molar-refractivity contribution in [2.75, 3.05) is 6.54 Å². The number of nitrogens with zero attached hydrogens (tertiary/aromatic N) is 2. The maximum atomic E-state index is 5.76. The van der Waals surface area contributed by atoms with E-state index in [0.29, 0.717) is 6.54 Å². The van der Waals surface area contributed by atoms with E-state index in [1.165, 1.54) is 37.9 Å². The van der Waals surface area contributed by atoms with E-state index in [1.807, 2.05) is 0 Å². The standard InChI is InChI=1S/C16H25N3/c1-10-9-19(15(18-10)2-3-17)16-13-5-11-4-12(7-13)8-14(16)6-11/h9,11-14,16H,2-8,17H2,1H3. The van der Waals surface area contributed by atoms with Crippen molar-refractivity contribution in [1.29, 1.82) is 0 Å². The second kappa shape index (κ2) is 4.34. The van der Waals surface area contributed by atoms with Crippen LogP contribution in [0.2, 0.25) is 0 Å². The molecule has 1 heterocycles. The first-order chi connectivity index (χ1) is 9.24. The fourth-order valence-electron chi connectivity index (χ4n) is 5.49. The Balaban J connectivity index is 1.68. The Morgan fingerprint density at radius 2 is 1.79 bits per heavy atom. The predicted molar refractivity (Wildman–Crippen MR) is 75.8 cm³/mol. The highest BCUT2D eigenvalue weighted by Gasteiger charge is 2.49. The molecule has 3 heteroatoms. The van der Waals surface area contributed by atoms with E-state index < -0.39 is 0 Å². The van der Waals surface area contributed by atoms with Crippen molar-refractivity contribution >= 4 is 0 Å². The zero-order chi connectivity index (χ0) is 13.0. The van der Waals surface area contributed by atoms with Crippen LogP contribution in [0.25, 0.3) is 0 Å². The van der Waals surface area contributed by atoms with Crippen molar-refractivity contribution in [3.8, 4) is 0 Å². The molecule has 0 aliphatic heterocycles. The molecule has 5 rings (SSSR count). The molecule has 2 N–H and O–H groups in total. The minimum atomic E-state index is 0.712. The summed E-state index contributed by atoms with van der Waals surface area (Å²) >= 11 is 0. The van der Waals surface area contributed by atoms with Crippen LogP contribution in [-0.4, -0.2) is 16.1 Å². The minimum Gasteiger partial charge on any atom is -0.331 e. The molecule has 0 atom stereocenters. The number of aromatic nitrogens is 2. The van der Waals surface area contributed by atoms with E-state index in [1.54, 1.807) is 0 Å². The summed E-state index contributed by atoms with van der Waals surface area (Å²) in [6.45, 7) is 2.83. The van der Waals surface area contributed by atoms with Gasteiger partial charge >= 0.3 is 0 Å². The molecule has 4 aliphatic rings. The Morgan fingerprint density at radius 1 is 1.16 bits per heavy atom. The van der Waals surface area contributed by atoms with Gasteiger partial charge in [0.15, 0.2) is 0 Å². The van der Waals surface area contributed by atoms with Crippen LogP contribution in [0.3, 0.4) is 0 Å². The summed E-state index contributed by atoms with van der Waals surface area (Å²) in [4.78, 5) is 4.72. The summed E-state index contributed by atoms with van der Waals surface area (Å²) in [7, 11) is 0. The zero-order valence-corrected chi connectivity index (χ0v) is 11.9. The highest BCUT2D eigenvalue weighted by molar-refractivity contribution is 5.09. The van der Waals surface area contributed by atoms with Crippen LogP contribution >= 0.6 is 0 Å². The lowest BCUT2D eigenvalue weighted by molar-refractivity contribution is -0.0301. The summed E-state index contributed by atoms with van der Waals surface area (Å²) in [6.07, 6.45) is 10.6. The number of hydrogen-bond donors (Lipinski definition) is 1. The molecule has 1 aromatic heterocycles. The molecule has 4 saturated carbocycles. The van der Waals surface area contributed by atoms with E-state index in [2.05, 4.69) is 17.7 Å². The molecule has 0 saturated heterocycles. The molecule has 0 unspecified atom stereocenters. The van der Waals surface area contributed by atoms with Crippen LogP contribution in [0.15, 0.2) is 6.20 Å². The molecule has 0 amide bonds. The zero-order valence-electron chi connectivity index (χ0n) is 11.9. The van der Waals surface area contributed by atoms with E-state index in [0.717, 1.165) is 41.8 Å². The highest BCUT2D eigenvalue weighted by Crippen LogP contribution is 2.58. The van der Waals surface area contributed by atoms with Crippen LogP contribution in [0, 0.1) is 30.6 Å². The molecule has 1 aromatic rings. The van der Waals surface area contributed by atoms with Gasteiger partial charge in [-0.3, -0.25) is 0 Å². The molecular formula is C16H25N3. The normalized spacial score (nSPS) is 40.0. The van der Waals surface area contributed by atoms with Gasteiger partial charge in [0.1, 0.15) is 5.82 Å². The van der Waals surface area contributed by atoms with E-state index in [4.69, 9.17) is 10.7 Å². The topological polar surface area (TPSA) is 43.8 Å². The van der Waals surface area contributed by atoms with Crippen molar-refractivity contribution in [1.82, 2.24) is 9.55 Å². The number of aryl methyl sites for hydroxylation is 1. The van der Waals surface area contributed by atoms with Crippen LogP contribution in [-0.2, 0) is 6.42 Å². The molecule has 0 aromatic carbocycles. The van der Waals surface area contributed by atoms with E-state index in [-0.39, 0.29) is 0 Å². The third-order valence-corrected chi connectivity index (χ3v) is 5.80. The second-order valence-corrected chi connectivity index (χ2v) is 7.17. The second-order valence-electron chi connectivity index (χ2n) is 7.17. The predicted octanol–water partition coefficient (Wildman–Crippen LogP) is 2.69. The van der Waals surface area contributed by atoms with Gasteiger partial charge < -0.3 is 10.3 Å². The van der Waals surface area contributed by atoms with Crippen LogP contribution in [0.4, 0.5) is 0 Å². The first-order valence-corrected chi connectivity index (χ1v) is 7.99. The first kappa shape index (κ1) is 12.0. The molecule has 4 aliphatic carbocycles. The Morgan fingerprint density at radius 3 is 2.37 bits per heavy atom. The summed E-state index contributed by atoms with van der Waals surface area (Å²) in [5.74, 6) is 5.16. The third-order valence-electron chi connectivity index (χ3n) is 5.80.